The number of benzene rings is 1. The van der Waals surface area contributed by atoms with Crippen molar-refractivity contribution in [3.05, 3.63) is 45.9 Å². The summed E-state index contributed by atoms with van der Waals surface area (Å²) in [4.78, 5) is 7.56. The standard InChI is InChI=1S/C14H19N3OS/c1-10-14(19-9-16-10)8-17(2)7-13(18)11-4-3-5-12(15)6-11/h3-6,9,13,18H,7-8,15H2,1-2H3. The van der Waals surface area contributed by atoms with Crippen molar-refractivity contribution in [2.45, 2.75) is 19.6 Å². The summed E-state index contributed by atoms with van der Waals surface area (Å²) in [5, 5.41) is 10.2. The van der Waals surface area contributed by atoms with Crippen molar-refractivity contribution in [1.29, 1.82) is 0 Å². The van der Waals surface area contributed by atoms with Crippen molar-refractivity contribution in [3.8, 4) is 0 Å². The van der Waals surface area contributed by atoms with Gasteiger partial charge in [-0.1, -0.05) is 12.1 Å². The molecule has 0 aliphatic carbocycles. The molecular formula is C14H19N3OS. The van der Waals surface area contributed by atoms with Gasteiger partial charge in [-0.15, -0.1) is 11.3 Å². The third-order valence-electron chi connectivity index (χ3n) is 3.04. The van der Waals surface area contributed by atoms with Crippen LogP contribution in [0.15, 0.2) is 29.8 Å². The smallest absolute Gasteiger partial charge is 0.0917 e. The van der Waals surface area contributed by atoms with E-state index in [9.17, 15) is 5.11 Å². The lowest BCUT2D eigenvalue weighted by molar-refractivity contribution is 0.124. The SMILES string of the molecule is Cc1ncsc1CN(C)CC(O)c1cccc(N)c1. The second kappa shape index (κ2) is 6.14. The first-order chi connectivity index (χ1) is 9.06. The maximum Gasteiger partial charge on any atom is 0.0917 e. The van der Waals surface area contributed by atoms with Crippen LogP contribution < -0.4 is 5.73 Å². The van der Waals surface area contributed by atoms with E-state index in [1.54, 1.807) is 11.3 Å². The Labute approximate surface area is 117 Å². The monoisotopic (exact) mass is 277 g/mol. The van der Waals surface area contributed by atoms with Gasteiger partial charge in [0.25, 0.3) is 0 Å². The van der Waals surface area contributed by atoms with E-state index >= 15 is 0 Å². The van der Waals surface area contributed by atoms with Crippen molar-refractivity contribution in [3.63, 3.8) is 0 Å². The number of nitrogen functional groups attached to an aromatic ring is 1. The molecule has 1 aromatic heterocycles. The Balaban J connectivity index is 1.95. The van der Waals surface area contributed by atoms with Gasteiger partial charge in [0.1, 0.15) is 0 Å². The molecule has 0 fully saturated rings. The number of nitrogens with two attached hydrogens (primary N) is 1. The van der Waals surface area contributed by atoms with Crippen LogP contribution in [0.5, 0.6) is 0 Å². The van der Waals surface area contributed by atoms with Gasteiger partial charge in [-0.2, -0.15) is 0 Å². The second-order valence-electron chi connectivity index (χ2n) is 4.74. The van der Waals surface area contributed by atoms with Gasteiger partial charge in [-0.05, 0) is 31.7 Å². The van der Waals surface area contributed by atoms with Crippen LogP contribution in [0.4, 0.5) is 5.69 Å². The van der Waals surface area contributed by atoms with E-state index in [-0.39, 0.29) is 0 Å². The van der Waals surface area contributed by atoms with E-state index in [1.807, 2.05) is 43.7 Å². The first kappa shape index (κ1) is 14.0. The molecule has 1 unspecified atom stereocenters. The van der Waals surface area contributed by atoms with Gasteiger partial charge < -0.3 is 10.8 Å². The Morgan fingerprint density at radius 2 is 2.26 bits per heavy atom. The van der Waals surface area contributed by atoms with E-state index in [2.05, 4.69) is 9.88 Å². The highest BCUT2D eigenvalue weighted by atomic mass is 32.1. The third-order valence-corrected chi connectivity index (χ3v) is 3.96. The normalized spacial score (nSPS) is 12.8. The van der Waals surface area contributed by atoms with Crippen molar-refractivity contribution in [2.24, 2.45) is 0 Å². The molecule has 2 aromatic rings. The lowest BCUT2D eigenvalue weighted by Gasteiger charge is -2.20. The number of aromatic nitrogens is 1. The lowest BCUT2D eigenvalue weighted by Crippen LogP contribution is -2.24. The molecule has 0 amide bonds. The first-order valence-electron chi connectivity index (χ1n) is 6.17. The Kier molecular flexibility index (Phi) is 4.52. The lowest BCUT2D eigenvalue weighted by atomic mass is 10.1. The molecular weight excluding hydrogens is 258 g/mol. The summed E-state index contributed by atoms with van der Waals surface area (Å²) in [5.41, 5.74) is 10.2. The number of nitrogens with zero attached hydrogens (tertiary/aromatic N) is 2. The summed E-state index contributed by atoms with van der Waals surface area (Å²) in [6, 6.07) is 7.39. The summed E-state index contributed by atoms with van der Waals surface area (Å²) >= 11 is 1.65. The fourth-order valence-corrected chi connectivity index (χ4v) is 2.81. The van der Waals surface area contributed by atoms with Crippen LogP contribution in [0.25, 0.3) is 0 Å². The van der Waals surface area contributed by atoms with Gasteiger partial charge in [0.05, 0.1) is 17.3 Å². The number of likely N-dealkylation sites (N-methyl/N-ethyl adjacent to an activating group) is 1. The molecule has 3 N–H and O–H groups in total. The van der Waals surface area contributed by atoms with Crippen molar-refractivity contribution >= 4 is 17.0 Å². The molecule has 0 saturated heterocycles. The molecule has 0 radical (unpaired) electrons. The van der Waals surface area contributed by atoms with Crippen molar-refractivity contribution < 1.29 is 5.11 Å². The minimum Gasteiger partial charge on any atom is -0.399 e. The van der Waals surface area contributed by atoms with Crippen LogP contribution in [0.1, 0.15) is 22.2 Å². The predicted octanol–water partition coefficient (Wildman–Crippen LogP) is 2.20. The molecule has 0 aliphatic rings. The Hall–Kier alpha value is -1.43. The molecule has 4 nitrogen and oxygen atoms in total. The van der Waals surface area contributed by atoms with Gasteiger partial charge in [0.2, 0.25) is 0 Å². The van der Waals surface area contributed by atoms with Gasteiger partial charge in [0, 0.05) is 23.7 Å². The molecule has 19 heavy (non-hydrogen) atoms. The average molecular weight is 277 g/mol. The highest BCUT2D eigenvalue weighted by molar-refractivity contribution is 7.09. The number of hydrogen-bond acceptors (Lipinski definition) is 5. The summed E-state index contributed by atoms with van der Waals surface area (Å²) in [6.07, 6.45) is -0.526. The Morgan fingerprint density at radius 1 is 1.47 bits per heavy atom. The minimum absolute atomic E-state index is 0.526. The predicted molar refractivity (Wildman–Crippen MR) is 79.0 cm³/mol. The Morgan fingerprint density at radius 3 is 2.89 bits per heavy atom. The van der Waals surface area contributed by atoms with E-state index in [0.717, 1.165) is 17.8 Å². The summed E-state index contributed by atoms with van der Waals surface area (Å²) in [6.45, 7) is 3.38. The molecule has 1 aromatic carbocycles. The van der Waals surface area contributed by atoms with Crippen LogP contribution in [0.2, 0.25) is 0 Å². The fourth-order valence-electron chi connectivity index (χ4n) is 1.95. The third kappa shape index (κ3) is 3.76. The number of anilines is 1. The summed E-state index contributed by atoms with van der Waals surface area (Å²) < 4.78 is 0. The fraction of sp³-hybridized carbons (Fsp3) is 0.357. The van der Waals surface area contributed by atoms with Crippen LogP contribution in [-0.2, 0) is 6.54 Å². The molecule has 2 rings (SSSR count). The van der Waals surface area contributed by atoms with E-state index in [1.165, 1.54) is 4.88 Å². The number of hydrogen-bond donors (Lipinski definition) is 2. The van der Waals surface area contributed by atoms with Crippen molar-refractivity contribution in [2.75, 3.05) is 19.3 Å². The topological polar surface area (TPSA) is 62.4 Å². The quantitative estimate of drug-likeness (QED) is 0.822. The zero-order valence-corrected chi connectivity index (χ0v) is 12.0. The molecule has 1 heterocycles. The average Bonchev–Trinajstić information content (AvgIpc) is 2.75. The molecule has 0 spiro atoms. The van der Waals surface area contributed by atoms with E-state index in [0.29, 0.717) is 12.2 Å². The van der Waals surface area contributed by atoms with Crippen LogP contribution in [0.3, 0.4) is 0 Å². The number of thiazole rings is 1. The number of aliphatic hydroxyl groups is 1. The van der Waals surface area contributed by atoms with Gasteiger partial charge >= 0.3 is 0 Å². The molecule has 0 bridgehead atoms. The number of aliphatic hydroxyl groups excluding tert-OH is 1. The zero-order chi connectivity index (χ0) is 13.8. The summed E-state index contributed by atoms with van der Waals surface area (Å²) in [5.74, 6) is 0. The van der Waals surface area contributed by atoms with Crippen LogP contribution in [-0.4, -0.2) is 28.6 Å². The number of rotatable bonds is 5. The highest BCUT2D eigenvalue weighted by Crippen LogP contribution is 2.19. The second-order valence-corrected chi connectivity index (χ2v) is 5.68. The molecule has 0 aliphatic heterocycles. The van der Waals surface area contributed by atoms with E-state index in [4.69, 9.17) is 5.73 Å². The minimum atomic E-state index is -0.526. The van der Waals surface area contributed by atoms with Gasteiger partial charge in [-0.25, -0.2) is 4.98 Å². The maximum atomic E-state index is 10.2. The van der Waals surface area contributed by atoms with Crippen molar-refractivity contribution in [1.82, 2.24) is 9.88 Å². The molecule has 1 atom stereocenters. The Bertz CT molecular complexity index is 541. The molecule has 0 saturated carbocycles. The maximum absolute atomic E-state index is 10.2. The van der Waals surface area contributed by atoms with Crippen LogP contribution >= 0.6 is 11.3 Å². The highest BCUT2D eigenvalue weighted by Gasteiger charge is 2.12. The molecule has 102 valence electrons. The number of aryl methyl sites for hydroxylation is 1. The largest absolute Gasteiger partial charge is 0.399 e. The summed E-state index contributed by atoms with van der Waals surface area (Å²) in [7, 11) is 1.99. The first-order valence-corrected chi connectivity index (χ1v) is 7.05. The van der Waals surface area contributed by atoms with Gasteiger partial charge in [0.15, 0.2) is 0 Å². The van der Waals surface area contributed by atoms with Crippen LogP contribution in [0, 0.1) is 6.92 Å². The van der Waals surface area contributed by atoms with Gasteiger partial charge in [-0.3, -0.25) is 4.90 Å². The van der Waals surface area contributed by atoms with E-state index < -0.39 is 6.10 Å². The zero-order valence-electron chi connectivity index (χ0n) is 11.2. The molecule has 5 heteroatoms.